The van der Waals surface area contributed by atoms with Crippen LogP contribution in [0, 0.1) is 0 Å². The molecule has 1 aliphatic rings. The van der Waals surface area contributed by atoms with E-state index >= 15 is 0 Å². The Bertz CT molecular complexity index is 736. The third kappa shape index (κ3) is 3.74. The Labute approximate surface area is 126 Å². The van der Waals surface area contributed by atoms with Crippen LogP contribution in [0.1, 0.15) is 6.23 Å². The molecule has 13 nitrogen and oxygen atoms in total. The summed E-state index contributed by atoms with van der Waals surface area (Å²) in [6.07, 6.45) is -6.99. The lowest BCUT2D eigenvalue weighted by molar-refractivity contribution is -0.356. The van der Waals surface area contributed by atoms with Gasteiger partial charge in [0.1, 0.15) is 12.2 Å². The maximum absolute atomic E-state index is 11.6. The lowest BCUT2D eigenvalue weighted by atomic mass is 10.1. The third-order valence-electron chi connectivity index (χ3n) is 2.99. The van der Waals surface area contributed by atoms with Gasteiger partial charge in [0.25, 0.3) is 5.56 Å². The first-order chi connectivity index (χ1) is 10.4. The van der Waals surface area contributed by atoms with E-state index in [0.717, 1.165) is 12.3 Å². The zero-order valence-electron chi connectivity index (χ0n) is 11.1. The highest BCUT2D eigenvalue weighted by Crippen LogP contribution is 2.44. The minimum absolute atomic E-state index is 0.628. The zero-order chi connectivity index (χ0) is 17.6. The number of ether oxygens (including phenoxy) is 1. The molecule has 0 saturated carbocycles. The third-order valence-corrected chi connectivity index (χ3v) is 3.49. The van der Waals surface area contributed by atoms with Crippen LogP contribution in [0.4, 0.5) is 0 Å². The number of aromatic amines is 1. The van der Waals surface area contributed by atoms with Crippen LogP contribution in [0.25, 0.3) is 0 Å². The van der Waals surface area contributed by atoms with E-state index in [1.165, 1.54) is 0 Å². The summed E-state index contributed by atoms with van der Waals surface area (Å²) in [4.78, 5) is 41.6. The van der Waals surface area contributed by atoms with Crippen LogP contribution in [0.15, 0.2) is 21.9 Å². The number of hydrogen-bond acceptors (Lipinski definition) is 9. The fourth-order valence-electron chi connectivity index (χ4n) is 2.05. The van der Waals surface area contributed by atoms with Crippen LogP contribution in [0.3, 0.4) is 0 Å². The van der Waals surface area contributed by atoms with Crippen molar-refractivity contribution in [2.75, 3.05) is 0 Å². The van der Waals surface area contributed by atoms with Crippen molar-refractivity contribution in [3.05, 3.63) is 33.1 Å². The second kappa shape index (κ2) is 5.90. The van der Waals surface area contributed by atoms with E-state index < -0.39 is 49.6 Å². The molecule has 1 fully saturated rings. The Hall–Kier alpha value is -1.41. The second-order valence-electron chi connectivity index (χ2n) is 4.69. The minimum atomic E-state index is -5.38. The molecular formula is C9H13N2O11P. The van der Waals surface area contributed by atoms with Crippen LogP contribution < -0.4 is 11.2 Å². The van der Waals surface area contributed by atoms with Gasteiger partial charge in [-0.25, -0.2) is 13.9 Å². The highest BCUT2D eigenvalue weighted by Gasteiger charge is 2.56. The van der Waals surface area contributed by atoms with Crippen LogP contribution in [-0.2, 0) is 13.8 Å². The van der Waals surface area contributed by atoms with Crippen molar-refractivity contribution in [2.24, 2.45) is 0 Å². The van der Waals surface area contributed by atoms with Crippen LogP contribution in [0.5, 0.6) is 0 Å². The predicted octanol–water partition coefficient (Wildman–Crippen LogP) is -4.10. The van der Waals surface area contributed by atoms with Crippen molar-refractivity contribution in [1.82, 2.24) is 9.55 Å². The topological polar surface area (TPSA) is 212 Å². The number of phosphoric acid groups is 1. The molecule has 0 spiro atoms. The molecule has 0 bridgehead atoms. The number of phosphoric ester groups is 1. The van der Waals surface area contributed by atoms with Crippen molar-refractivity contribution in [2.45, 2.75) is 30.5 Å². The lowest BCUT2D eigenvalue weighted by Crippen LogP contribution is -2.50. The molecule has 0 amide bonds. The van der Waals surface area contributed by atoms with Gasteiger partial charge in [0, 0.05) is 12.3 Å². The van der Waals surface area contributed by atoms with E-state index in [1.54, 1.807) is 0 Å². The van der Waals surface area contributed by atoms with Gasteiger partial charge in [0.15, 0.2) is 12.3 Å². The number of aromatic nitrogens is 2. The average Bonchev–Trinajstić information content (AvgIpc) is 2.65. The molecule has 1 aromatic heterocycles. The smallest absolute Gasteiger partial charge is 0.387 e. The van der Waals surface area contributed by atoms with Gasteiger partial charge in [-0.1, -0.05) is 0 Å². The lowest BCUT2D eigenvalue weighted by Gasteiger charge is -2.28. The van der Waals surface area contributed by atoms with Crippen molar-refractivity contribution in [1.29, 1.82) is 0 Å². The van der Waals surface area contributed by atoms with Gasteiger partial charge in [0.2, 0.25) is 0 Å². The molecular weight excluding hydrogens is 343 g/mol. The number of nitrogens with one attached hydrogen (secondary N) is 1. The van der Waals surface area contributed by atoms with Gasteiger partial charge in [-0.15, -0.1) is 0 Å². The number of hydrogen-bond donors (Lipinski definition) is 7. The Kier molecular flexibility index (Phi) is 4.60. The molecule has 0 unspecified atom stereocenters. The van der Waals surface area contributed by atoms with Crippen molar-refractivity contribution < 1.29 is 44.0 Å². The molecule has 1 aromatic rings. The van der Waals surface area contributed by atoms with Crippen LogP contribution in [0.2, 0.25) is 0 Å². The summed E-state index contributed by atoms with van der Waals surface area (Å²) < 4.78 is 19.9. The molecule has 23 heavy (non-hydrogen) atoms. The molecule has 4 atom stereocenters. The summed E-state index contributed by atoms with van der Waals surface area (Å²) in [5.41, 5.74) is -1.79. The fourth-order valence-corrected chi connectivity index (χ4v) is 2.51. The number of H-pyrrole nitrogens is 1. The molecule has 130 valence electrons. The largest absolute Gasteiger partial charge is 0.474 e. The monoisotopic (exact) mass is 356 g/mol. The maximum Gasteiger partial charge on any atom is 0.474 e. The predicted molar refractivity (Wildman–Crippen MR) is 67.5 cm³/mol. The van der Waals surface area contributed by atoms with E-state index in [-0.39, 0.29) is 0 Å². The first-order valence-corrected chi connectivity index (χ1v) is 7.49. The summed E-state index contributed by atoms with van der Waals surface area (Å²) in [5, 5.41) is 38.6. The van der Waals surface area contributed by atoms with Crippen molar-refractivity contribution in [3.8, 4) is 0 Å². The average molecular weight is 356 g/mol. The quantitative estimate of drug-likeness (QED) is 0.203. The van der Waals surface area contributed by atoms with Crippen molar-refractivity contribution in [3.63, 3.8) is 0 Å². The van der Waals surface area contributed by atoms with E-state index in [0.29, 0.717) is 4.57 Å². The van der Waals surface area contributed by atoms with E-state index in [1.807, 2.05) is 4.98 Å². The fraction of sp³-hybridized carbons (Fsp3) is 0.556. The van der Waals surface area contributed by atoms with Crippen LogP contribution in [-0.4, -0.2) is 64.0 Å². The van der Waals surface area contributed by atoms with Gasteiger partial charge in [-0.05, 0) is 0 Å². The first-order valence-electron chi connectivity index (χ1n) is 5.96. The highest BCUT2D eigenvalue weighted by molar-refractivity contribution is 7.46. The highest BCUT2D eigenvalue weighted by atomic mass is 31.2. The van der Waals surface area contributed by atoms with Gasteiger partial charge >= 0.3 is 19.5 Å². The number of nitrogens with zero attached hydrogens (tertiary/aromatic N) is 1. The van der Waals surface area contributed by atoms with Crippen LogP contribution >= 0.6 is 7.82 Å². The summed E-state index contributed by atoms with van der Waals surface area (Å²) in [7, 11) is -5.38. The minimum Gasteiger partial charge on any atom is -0.387 e. The van der Waals surface area contributed by atoms with E-state index in [2.05, 4.69) is 4.52 Å². The number of aliphatic hydroxyl groups excluding tert-OH is 2. The Morgan fingerprint density at radius 1 is 1.26 bits per heavy atom. The Morgan fingerprint density at radius 2 is 1.87 bits per heavy atom. The molecule has 0 aromatic carbocycles. The van der Waals surface area contributed by atoms with E-state index in [4.69, 9.17) is 14.5 Å². The van der Waals surface area contributed by atoms with Gasteiger partial charge in [0.05, 0.1) is 0 Å². The Balaban J connectivity index is 2.33. The summed E-state index contributed by atoms with van der Waals surface area (Å²) in [6.45, 7) is 0. The summed E-state index contributed by atoms with van der Waals surface area (Å²) in [5.74, 6) is -3.67. The molecule has 1 aliphatic heterocycles. The SMILES string of the molecule is O=c1ccn([C@@H]2O[C@H](C(O)(O)OP(=O)(O)O)[C@@H](O)[C@H]2O)c(=O)[nH]1. The maximum atomic E-state index is 11.6. The van der Waals surface area contributed by atoms with E-state index in [9.17, 15) is 34.6 Å². The summed E-state index contributed by atoms with van der Waals surface area (Å²) >= 11 is 0. The molecule has 2 heterocycles. The van der Waals surface area contributed by atoms with Gasteiger partial charge in [-0.2, -0.15) is 0 Å². The molecule has 1 saturated heterocycles. The molecule has 0 radical (unpaired) electrons. The molecule has 7 N–H and O–H groups in total. The molecule has 2 rings (SSSR count). The van der Waals surface area contributed by atoms with Gasteiger partial charge in [-0.3, -0.25) is 14.3 Å². The van der Waals surface area contributed by atoms with Gasteiger partial charge < -0.3 is 34.9 Å². The van der Waals surface area contributed by atoms with Crippen molar-refractivity contribution >= 4 is 7.82 Å². The zero-order valence-corrected chi connectivity index (χ0v) is 12.0. The second-order valence-corrected chi connectivity index (χ2v) is 5.85. The number of rotatable bonds is 4. The Morgan fingerprint density at radius 3 is 2.39 bits per heavy atom. The molecule has 14 heteroatoms. The molecule has 0 aliphatic carbocycles. The normalized spacial score (nSPS) is 29.0. The standard InChI is InChI=1S/C9H13N2O11P/c12-3-1-2-11(8(15)10-3)7-5(14)4(13)6(21-7)9(16,17)22-23(18,19)20/h1-2,4-7,13-14,16-17H,(H,10,12,15)(H2,18,19,20)/t4-,5+,6-,7+/m0/s1. The summed E-state index contributed by atoms with van der Waals surface area (Å²) in [6, 6.07) is 0.897. The first kappa shape index (κ1) is 17.9. The number of aliphatic hydroxyl groups is 4.